The fourth-order valence-electron chi connectivity index (χ4n) is 1.95. The van der Waals surface area contributed by atoms with Gasteiger partial charge in [0.1, 0.15) is 5.69 Å². The fraction of sp³-hybridized carbons (Fsp3) is 0.545. The Morgan fingerprint density at radius 3 is 2.42 bits per heavy atom. The first-order valence-electron chi connectivity index (χ1n) is 5.45. The third-order valence-corrected chi connectivity index (χ3v) is 2.83. The summed E-state index contributed by atoms with van der Waals surface area (Å²) in [5, 5.41) is 0. The molecule has 0 amide bonds. The number of likely N-dealkylation sites (tertiary alicyclic amines) is 1. The van der Waals surface area contributed by atoms with Crippen LogP contribution in [0.5, 0.6) is 0 Å². The molecule has 0 saturated carbocycles. The van der Waals surface area contributed by atoms with Gasteiger partial charge in [-0.15, -0.1) is 24.8 Å². The smallest absolute Gasteiger partial charge is 0.326 e. The van der Waals surface area contributed by atoms with Crippen molar-refractivity contribution < 1.29 is 13.2 Å². The Kier molecular flexibility index (Phi) is 7.07. The second kappa shape index (κ2) is 7.28. The average Bonchev–Trinajstić information content (AvgIpc) is 2.63. The summed E-state index contributed by atoms with van der Waals surface area (Å²) < 4.78 is 36.9. The normalized spacial score (nSPS) is 19.7. The monoisotopic (exact) mass is 317 g/mol. The van der Waals surface area contributed by atoms with Gasteiger partial charge in [0.25, 0.3) is 0 Å². The van der Waals surface area contributed by atoms with E-state index < -0.39 is 11.9 Å². The maximum absolute atomic E-state index is 12.3. The maximum Gasteiger partial charge on any atom is 0.433 e. The highest BCUT2D eigenvalue weighted by Crippen LogP contribution is 2.27. The molecule has 2 N–H and O–H groups in total. The van der Waals surface area contributed by atoms with Gasteiger partial charge in [-0.05, 0) is 18.1 Å². The minimum Gasteiger partial charge on any atom is -0.326 e. The van der Waals surface area contributed by atoms with Gasteiger partial charge >= 0.3 is 6.18 Å². The van der Waals surface area contributed by atoms with E-state index >= 15 is 0 Å². The molecule has 0 radical (unpaired) electrons. The van der Waals surface area contributed by atoms with Crippen LogP contribution >= 0.6 is 24.8 Å². The molecule has 110 valence electrons. The van der Waals surface area contributed by atoms with Crippen LogP contribution < -0.4 is 5.73 Å². The van der Waals surface area contributed by atoms with Gasteiger partial charge in [-0.3, -0.25) is 9.88 Å². The lowest BCUT2D eigenvalue weighted by Crippen LogP contribution is -2.26. The van der Waals surface area contributed by atoms with Crippen LogP contribution in [0.4, 0.5) is 13.2 Å². The van der Waals surface area contributed by atoms with Crippen molar-refractivity contribution in [2.45, 2.75) is 25.2 Å². The van der Waals surface area contributed by atoms with Crippen LogP contribution in [0.3, 0.4) is 0 Å². The largest absolute Gasteiger partial charge is 0.433 e. The lowest BCUT2D eigenvalue weighted by molar-refractivity contribution is -0.141. The number of alkyl halides is 3. The first-order chi connectivity index (χ1) is 7.95. The zero-order valence-corrected chi connectivity index (χ0v) is 11.7. The molecule has 19 heavy (non-hydrogen) atoms. The van der Waals surface area contributed by atoms with Crippen molar-refractivity contribution >= 4 is 24.8 Å². The molecule has 1 aromatic rings. The molecule has 1 saturated heterocycles. The summed E-state index contributed by atoms with van der Waals surface area (Å²) in [6, 6.07) is 2.67. The SMILES string of the molecule is Cl.Cl.NC1CCN(Cc2ccc(C(F)(F)F)nc2)C1. The molecule has 0 bridgehead atoms. The standard InChI is InChI=1S/C11H14F3N3.2ClH/c12-11(13,14)10-2-1-8(5-16-10)6-17-4-3-9(15)7-17;;/h1-2,5,9H,3-4,6-7,15H2;2*1H. The number of hydrogen-bond donors (Lipinski definition) is 1. The third kappa shape index (κ3) is 5.14. The van der Waals surface area contributed by atoms with E-state index in [0.29, 0.717) is 6.54 Å². The first-order valence-corrected chi connectivity index (χ1v) is 5.45. The molecular formula is C11H16Cl2F3N3. The van der Waals surface area contributed by atoms with Gasteiger partial charge in [0.2, 0.25) is 0 Å². The van der Waals surface area contributed by atoms with Gasteiger partial charge in [-0.1, -0.05) is 6.07 Å². The molecule has 1 aliphatic heterocycles. The van der Waals surface area contributed by atoms with Crippen molar-refractivity contribution in [2.24, 2.45) is 5.73 Å². The first kappa shape index (κ1) is 18.4. The Labute approximate surface area is 122 Å². The molecule has 0 aliphatic carbocycles. The predicted molar refractivity (Wildman–Crippen MR) is 71.6 cm³/mol. The minimum absolute atomic E-state index is 0. The van der Waals surface area contributed by atoms with Crippen LogP contribution in [-0.4, -0.2) is 29.0 Å². The Balaban J connectivity index is 0.00000162. The second-order valence-electron chi connectivity index (χ2n) is 4.33. The molecule has 2 rings (SSSR count). The summed E-state index contributed by atoms with van der Waals surface area (Å²) in [6.45, 7) is 2.29. The van der Waals surface area contributed by atoms with E-state index in [1.807, 2.05) is 0 Å². The number of aromatic nitrogens is 1. The average molecular weight is 318 g/mol. The van der Waals surface area contributed by atoms with E-state index in [-0.39, 0.29) is 30.9 Å². The van der Waals surface area contributed by atoms with Gasteiger partial charge in [-0.2, -0.15) is 13.2 Å². The van der Waals surface area contributed by atoms with Gasteiger partial charge < -0.3 is 5.73 Å². The van der Waals surface area contributed by atoms with E-state index in [1.54, 1.807) is 0 Å². The molecule has 2 heterocycles. The Morgan fingerprint density at radius 1 is 1.32 bits per heavy atom. The van der Waals surface area contributed by atoms with Crippen molar-refractivity contribution in [3.63, 3.8) is 0 Å². The highest BCUT2D eigenvalue weighted by molar-refractivity contribution is 5.85. The maximum atomic E-state index is 12.3. The lowest BCUT2D eigenvalue weighted by Gasteiger charge is -2.15. The number of halogens is 5. The topological polar surface area (TPSA) is 42.1 Å². The summed E-state index contributed by atoms with van der Waals surface area (Å²) in [4.78, 5) is 5.55. The Bertz CT molecular complexity index is 384. The van der Waals surface area contributed by atoms with Gasteiger partial charge in [-0.25, -0.2) is 0 Å². The third-order valence-electron chi connectivity index (χ3n) is 2.83. The zero-order valence-electron chi connectivity index (χ0n) is 10.1. The van der Waals surface area contributed by atoms with Crippen LogP contribution in [0.2, 0.25) is 0 Å². The summed E-state index contributed by atoms with van der Waals surface area (Å²) >= 11 is 0. The van der Waals surface area contributed by atoms with Crippen molar-refractivity contribution in [3.05, 3.63) is 29.6 Å². The second-order valence-corrected chi connectivity index (χ2v) is 4.33. The van der Waals surface area contributed by atoms with E-state index in [9.17, 15) is 13.2 Å². The van der Waals surface area contributed by atoms with Crippen molar-refractivity contribution in [1.82, 2.24) is 9.88 Å². The molecule has 1 fully saturated rings. The molecule has 0 aromatic carbocycles. The predicted octanol–water partition coefficient (Wildman–Crippen LogP) is 2.48. The van der Waals surface area contributed by atoms with Crippen LogP contribution in [0, 0.1) is 0 Å². The Morgan fingerprint density at radius 2 is 2.00 bits per heavy atom. The highest BCUT2D eigenvalue weighted by Gasteiger charge is 2.32. The van der Waals surface area contributed by atoms with Gasteiger partial charge in [0.05, 0.1) is 0 Å². The Hall–Kier alpha value is -0.560. The highest BCUT2D eigenvalue weighted by atomic mass is 35.5. The number of rotatable bonds is 2. The molecule has 3 nitrogen and oxygen atoms in total. The van der Waals surface area contributed by atoms with Crippen LogP contribution in [0.1, 0.15) is 17.7 Å². The van der Waals surface area contributed by atoms with Crippen molar-refractivity contribution in [3.8, 4) is 0 Å². The molecule has 1 atom stereocenters. The number of nitrogens with two attached hydrogens (primary N) is 1. The number of hydrogen-bond acceptors (Lipinski definition) is 3. The summed E-state index contributed by atoms with van der Waals surface area (Å²) in [5.41, 5.74) is 5.69. The molecule has 8 heteroatoms. The molecule has 0 spiro atoms. The van der Waals surface area contributed by atoms with E-state index in [4.69, 9.17) is 5.73 Å². The fourth-order valence-corrected chi connectivity index (χ4v) is 1.95. The lowest BCUT2D eigenvalue weighted by atomic mass is 10.2. The van der Waals surface area contributed by atoms with Gasteiger partial charge in [0, 0.05) is 31.9 Å². The van der Waals surface area contributed by atoms with Crippen molar-refractivity contribution in [2.75, 3.05) is 13.1 Å². The van der Waals surface area contributed by atoms with Crippen LogP contribution in [0.15, 0.2) is 18.3 Å². The minimum atomic E-state index is -4.37. The zero-order chi connectivity index (χ0) is 12.5. The molecular weight excluding hydrogens is 302 g/mol. The van der Waals surface area contributed by atoms with Gasteiger partial charge in [0.15, 0.2) is 0 Å². The van der Waals surface area contributed by atoms with Crippen LogP contribution in [-0.2, 0) is 12.7 Å². The molecule has 1 aliphatic rings. The summed E-state index contributed by atoms with van der Waals surface area (Å²) in [7, 11) is 0. The van der Waals surface area contributed by atoms with Crippen LogP contribution in [0.25, 0.3) is 0 Å². The molecule has 1 aromatic heterocycles. The number of pyridine rings is 1. The van der Waals surface area contributed by atoms with E-state index in [2.05, 4.69) is 9.88 Å². The van der Waals surface area contributed by atoms with Crippen molar-refractivity contribution in [1.29, 1.82) is 0 Å². The summed E-state index contributed by atoms with van der Waals surface area (Å²) in [5.74, 6) is 0. The van der Waals surface area contributed by atoms with E-state index in [0.717, 1.165) is 31.1 Å². The van der Waals surface area contributed by atoms with E-state index in [1.165, 1.54) is 12.3 Å². The summed E-state index contributed by atoms with van der Waals surface area (Å²) in [6.07, 6.45) is -2.14. The molecule has 1 unspecified atom stereocenters. The quantitative estimate of drug-likeness (QED) is 0.911. The number of nitrogens with zero attached hydrogens (tertiary/aromatic N) is 2.